The highest BCUT2D eigenvalue weighted by Gasteiger charge is 2.43. The summed E-state index contributed by atoms with van der Waals surface area (Å²) in [6.07, 6.45) is 3.86. The molecule has 0 aromatic carbocycles. The molecular formula is C19H17Cl2N9O. The Morgan fingerprint density at radius 2 is 2.00 bits per heavy atom. The van der Waals surface area contributed by atoms with Gasteiger partial charge in [0.2, 0.25) is 11.7 Å². The molecular weight excluding hydrogens is 441 g/mol. The minimum atomic E-state index is -0.398. The highest BCUT2D eigenvalue weighted by atomic mass is 35.5. The van der Waals surface area contributed by atoms with Crippen molar-refractivity contribution < 1.29 is 4.79 Å². The van der Waals surface area contributed by atoms with E-state index in [9.17, 15) is 4.79 Å². The van der Waals surface area contributed by atoms with Crippen LogP contribution in [-0.2, 0) is 17.3 Å². The predicted molar refractivity (Wildman–Crippen MR) is 114 cm³/mol. The summed E-state index contributed by atoms with van der Waals surface area (Å²) in [5.41, 5.74) is 3.00. The lowest BCUT2D eigenvalue weighted by atomic mass is 9.88. The number of aromatic nitrogens is 8. The summed E-state index contributed by atoms with van der Waals surface area (Å²) in [5, 5.41) is 19.7. The summed E-state index contributed by atoms with van der Waals surface area (Å²) in [6, 6.07) is 3.32. The molecule has 0 spiro atoms. The molecule has 4 aromatic heterocycles. The summed E-state index contributed by atoms with van der Waals surface area (Å²) in [5.74, 6) is -0.260. The maximum absolute atomic E-state index is 13.2. The molecule has 1 amide bonds. The van der Waals surface area contributed by atoms with Crippen molar-refractivity contribution in [3.05, 3.63) is 46.0 Å². The van der Waals surface area contributed by atoms with Crippen LogP contribution in [0.4, 0.5) is 5.69 Å². The number of carbonyl (C=O) groups is 1. The first kappa shape index (κ1) is 19.8. The molecule has 158 valence electrons. The van der Waals surface area contributed by atoms with E-state index in [4.69, 9.17) is 23.2 Å². The molecule has 0 saturated carbocycles. The standard InChI is InChI=1S/C19H17Cl2N9O/c1-19(2)6-10(11-8-22-14-5-13(21)26-30(14)16(11)19)18(31)24-9-4-12(20)15(23-7-9)17-25-28-29(3)27-17/h4-5,7-8,10H,6H2,1-3H3,(H,24,31)/t10-/m0/s1. The van der Waals surface area contributed by atoms with Crippen LogP contribution < -0.4 is 5.32 Å². The van der Waals surface area contributed by atoms with E-state index in [1.54, 1.807) is 29.9 Å². The summed E-state index contributed by atoms with van der Waals surface area (Å²) in [7, 11) is 1.65. The molecule has 12 heteroatoms. The number of fused-ring (bicyclic) bond motifs is 3. The third-order valence-electron chi connectivity index (χ3n) is 5.36. The monoisotopic (exact) mass is 457 g/mol. The lowest BCUT2D eigenvalue weighted by Gasteiger charge is -2.19. The van der Waals surface area contributed by atoms with Crippen LogP contribution in [-0.4, -0.2) is 45.7 Å². The molecule has 4 heterocycles. The maximum Gasteiger partial charge on any atom is 0.232 e. The lowest BCUT2D eigenvalue weighted by molar-refractivity contribution is -0.117. The third-order valence-corrected chi connectivity index (χ3v) is 5.83. The van der Waals surface area contributed by atoms with Crippen LogP contribution >= 0.6 is 23.2 Å². The van der Waals surface area contributed by atoms with Gasteiger partial charge < -0.3 is 5.32 Å². The van der Waals surface area contributed by atoms with Crippen LogP contribution in [0.3, 0.4) is 0 Å². The van der Waals surface area contributed by atoms with Crippen molar-refractivity contribution in [2.45, 2.75) is 31.6 Å². The highest BCUT2D eigenvalue weighted by Crippen LogP contribution is 2.46. The van der Waals surface area contributed by atoms with Crippen LogP contribution in [0.15, 0.2) is 24.5 Å². The van der Waals surface area contributed by atoms with E-state index in [1.807, 2.05) is 0 Å². The molecule has 1 atom stereocenters. The SMILES string of the molecule is Cn1nnc(-c2ncc(NC(=O)[C@H]3CC(C)(C)c4c3cnc3cc(Cl)nn43)cc2Cl)n1. The molecule has 0 radical (unpaired) electrons. The van der Waals surface area contributed by atoms with Crippen LogP contribution in [0.2, 0.25) is 10.2 Å². The van der Waals surface area contributed by atoms with Crippen molar-refractivity contribution >= 4 is 40.4 Å². The average molecular weight is 458 g/mol. The van der Waals surface area contributed by atoms with Gasteiger partial charge in [-0.1, -0.05) is 37.0 Å². The second-order valence-electron chi connectivity index (χ2n) is 8.09. The Morgan fingerprint density at radius 3 is 2.71 bits per heavy atom. The van der Waals surface area contributed by atoms with Crippen molar-refractivity contribution in [1.82, 2.24) is 39.8 Å². The van der Waals surface area contributed by atoms with Crippen molar-refractivity contribution in [3.8, 4) is 11.5 Å². The molecule has 4 aromatic rings. The molecule has 31 heavy (non-hydrogen) atoms. The Balaban J connectivity index is 1.44. The number of pyridine rings is 1. The summed E-state index contributed by atoms with van der Waals surface area (Å²) < 4.78 is 1.73. The van der Waals surface area contributed by atoms with E-state index in [0.717, 1.165) is 11.3 Å². The second-order valence-corrected chi connectivity index (χ2v) is 8.88. The molecule has 10 nitrogen and oxygen atoms in total. The van der Waals surface area contributed by atoms with Crippen LogP contribution in [0.5, 0.6) is 0 Å². The van der Waals surface area contributed by atoms with E-state index < -0.39 is 5.92 Å². The van der Waals surface area contributed by atoms with Crippen LogP contribution in [0.25, 0.3) is 17.2 Å². The van der Waals surface area contributed by atoms with E-state index in [2.05, 4.69) is 49.6 Å². The van der Waals surface area contributed by atoms with Crippen molar-refractivity contribution in [2.75, 3.05) is 5.32 Å². The number of amides is 1. The number of aryl methyl sites for hydroxylation is 1. The number of hydrogen-bond acceptors (Lipinski definition) is 7. The average Bonchev–Trinajstić information content (AvgIpc) is 3.36. The molecule has 0 saturated heterocycles. The summed E-state index contributed by atoms with van der Waals surface area (Å²) in [4.78, 5) is 23.2. The Bertz CT molecular complexity index is 1340. The fourth-order valence-electron chi connectivity index (χ4n) is 4.08. The Morgan fingerprint density at radius 1 is 1.19 bits per heavy atom. The van der Waals surface area contributed by atoms with Gasteiger partial charge in [-0.05, 0) is 17.7 Å². The zero-order valence-corrected chi connectivity index (χ0v) is 18.3. The fourth-order valence-corrected chi connectivity index (χ4v) is 4.51. The number of rotatable bonds is 3. The lowest BCUT2D eigenvalue weighted by Crippen LogP contribution is -2.21. The van der Waals surface area contributed by atoms with E-state index in [-0.39, 0.29) is 11.3 Å². The van der Waals surface area contributed by atoms with Crippen molar-refractivity contribution in [2.24, 2.45) is 7.05 Å². The van der Waals surface area contributed by atoms with Crippen molar-refractivity contribution in [1.29, 1.82) is 0 Å². The zero-order chi connectivity index (χ0) is 21.9. The van der Waals surface area contributed by atoms with Gasteiger partial charge in [-0.2, -0.15) is 9.90 Å². The molecule has 1 aliphatic rings. The van der Waals surface area contributed by atoms with Gasteiger partial charge in [-0.25, -0.2) is 14.5 Å². The molecule has 0 bridgehead atoms. The third kappa shape index (κ3) is 3.31. The number of hydrogen-bond donors (Lipinski definition) is 1. The molecule has 1 aliphatic carbocycles. The van der Waals surface area contributed by atoms with Crippen LogP contribution in [0, 0.1) is 0 Å². The largest absolute Gasteiger partial charge is 0.324 e. The smallest absolute Gasteiger partial charge is 0.232 e. The van der Waals surface area contributed by atoms with Gasteiger partial charge in [0.15, 0.2) is 10.8 Å². The topological polar surface area (TPSA) is 116 Å². The fraction of sp³-hybridized carbons (Fsp3) is 0.316. The quantitative estimate of drug-likeness (QED) is 0.502. The maximum atomic E-state index is 13.2. The van der Waals surface area contributed by atoms with Gasteiger partial charge in [0, 0.05) is 23.2 Å². The number of halogens is 2. The Hall–Kier alpha value is -3.11. The summed E-state index contributed by atoms with van der Waals surface area (Å²) >= 11 is 12.4. The van der Waals surface area contributed by atoms with Crippen LogP contribution in [0.1, 0.15) is 37.4 Å². The van der Waals surface area contributed by atoms with E-state index >= 15 is 0 Å². The Kier molecular flexibility index (Phi) is 4.45. The van der Waals surface area contributed by atoms with Crippen molar-refractivity contribution in [3.63, 3.8) is 0 Å². The number of tetrazole rings is 1. The minimum absolute atomic E-state index is 0.172. The van der Waals surface area contributed by atoms with Gasteiger partial charge in [0.1, 0.15) is 5.69 Å². The molecule has 0 fully saturated rings. The second kappa shape index (κ2) is 6.96. The number of nitrogens with zero attached hydrogens (tertiary/aromatic N) is 8. The molecule has 1 N–H and O–H groups in total. The number of carbonyl (C=O) groups excluding carboxylic acids is 1. The first-order valence-corrected chi connectivity index (χ1v) is 10.2. The minimum Gasteiger partial charge on any atom is -0.324 e. The zero-order valence-electron chi connectivity index (χ0n) is 16.8. The van der Waals surface area contributed by atoms with E-state index in [0.29, 0.717) is 39.4 Å². The normalized spacial score (nSPS) is 17.1. The van der Waals surface area contributed by atoms with Gasteiger partial charge in [0.05, 0.1) is 35.6 Å². The van der Waals surface area contributed by atoms with Gasteiger partial charge in [0.25, 0.3) is 0 Å². The highest BCUT2D eigenvalue weighted by molar-refractivity contribution is 6.33. The van der Waals surface area contributed by atoms with Gasteiger partial charge >= 0.3 is 0 Å². The Labute approximate surface area is 186 Å². The van der Waals surface area contributed by atoms with E-state index in [1.165, 1.54) is 11.0 Å². The molecule has 5 rings (SSSR count). The number of anilines is 1. The predicted octanol–water partition coefficient (Wildman–Crippen LogP) is 3.03. The van der Waals surface area contributed by atoms with Gasteiger partial charge in [-0.3, -0.25) is 4.79 Å². The van der Waals surface area contributed by atoms with Gasteiger partial charge in [-0.15, -0.1) is 10.2 Å². The number of nitrogens with one attached hydrogen (secondary N) is 1. The molecule has 0 aliphatic heterocycles. The molecule has 0 unspecified atom stereocenters. The summed E-state index contributed by atoms with van der Waals surface area (Å²) in [6.45, 7) is 4.16. The first-order chi connectivity index (χ1) is 14.7. The first-order valence-electron chi connectivity index (χ1n) is 9.48.